The molecule has 0 N–H and O–H groups in total. The molecule has 0 spiro atoms. The van der Waals surface area contributed by atoms with E-state index in [9.17, 15) is 14.5 Å². The summed E-state index contributed by atoms with van der Waals surface area (Å²) in [6.07, 6.45) is 3.52. The van der Waals surface area contributed by atoms with Gasteiger partial charge in [0.1, 0.15) is 11.5 Å². The Morgan fingerprint density at radius 3 is 2.57 bits per heavy atom. The third-order valence-electron chi connectivity index (χ3n) is 2.68. The number of ether oxygens (including phenoxy) is 2. The zero-order chi connectivity index (χ0) is 15.7. The first-order valence-electron chi connectivity index (χ1n) is 6.38. The molecule has 0 aromatic heterocycles. The minimum absolute atomic E-state index is 0.314. The molecule has 0 aliphatic rings. The van der Waals surface area contributed by atoms with Gasteiger partial charge in [-0.2, -0.15) is 0 Å². The number of halogens is 1. The predicted molar refractivity (Wildman–Crippen MR) is 81.5 cm³/mol. The normalized spacial score (nSPS) is 10.8. The molecule has 116 valence electrons. The topological polar surface area (TPSA) is 61.6 Å². The second-order valence-electron chi connectivity index (χ2n) is 4.09. The van der Waals surface area contributed by atoms with Gasteiger partial charge in [0.15, 0.2) is 0 Å². The highest BCUT2D eigenvalue weighted by molar-refractivity contribution is 7.99. The van der Waals surface area contributed by atoms with Crippen molar-refractivity contribution in [3.8, 4) is 11.5 Å². The van der Waals surface area contributed by atoms with Crippen LogP contribution in [-0.2, 0) is 0 Å². The van der Waals surface area contributed by atoms with E-state index in [1.165, 1.54) is 20.3 Å². The molecule has 7 heteroatoms. The standard InChI is InChI=1S/C14H18FNO4S/c1-19-12-10-14(21-8-4-3-6-15)13(20-2)9-11(12)5-7-16(17)18/h5,7,9-10H,3-4,6,8H2,1-2H3. The fourth-order valence-corrected chi connectivity index (χ4v) is 2.70. The minimum Gasteiger partial charge on any atom is -0.496 e. The van der Waals surface area contributed by atoms with Crippen LogP contribution in [0.15, 0.2) is 23.2 Å². The highest BCUT2D eigenvalue weighted by Crippen LogP contribution is 2.36. The van der Waals surface area contributed by atoms with E-state index in [2.05, 4.69) is 0 Å². The second kappa shape index (κ2) is 9.23. The average Bonchev–Trinajstić information content (AvgIpc) is 2.49. The summed E-state index contributed by atoms with van der Waals surface area (Å²) in [4.78, 5) is 10.7. The molecular formula is C14H18FNO4S. The van der Waals surface area contributed by atoms with E-state index in [0.29, 0.717) is 23.5 Å². The van der Waals surface area contributed by atoms with Crippen molar-refractivity contribution in [2.45, 2.75) is 17.7 Å². The number of rotatable bonds is 9. The lowest BCUT2D eigenvalue weighted by atomic mass is 10.2. The molecule has 1 aromatic carbocycles. The number of unbranched alkanes of at least 4 members (excludes halogenated alkanes) is 1. The van der Waals surface area contributed by atoms with Crippen LogP contribution >= 0.6 is 11.8 Å². The largest absolute Gasteiger partial charge is 0.496 e. The Labute approximate surface area is 127 Å². The van der Waals surface area contributed by atoms with Gasteiger partial charge in [0, 0.05) is 11.6 Å². The maximum absolute atomic E-state index is 12.1. The summed E-state index contributed by atoms with van der Waals surface area (Å²) in [6, 6.07) is 3.47. The number of thioether (sulfide) groups is 1. The molecule has 0 bridgehead atoms. The van der Waals surface area contributed by atoms with Crippen molar-refractivity contribution < 1.29 is 18.8 Å². The van der Waals surface area contributed by atoms with E-state index in [0.717, 1.165) is 23.3 Å². The zero-order valence-corrected chi connectivity index (χ0v) is 12.8. The number of hydrogen-bond acceptors (Lipinski definition) is 5. The zero-order valence-electron chi connectivity index (χ0n) is 12.0. The van der Waals surface area contributed by atoms with Crippen LogP contribution in [0.5, 0.6) is 11.5 Å². The smallest absolute Gasteiger partial charge is 0.235 e. The van der Waals surface area contributed by atoms with Crippen LogP contribution in [0.25, 0.3) is 6.08 Å². The third kappa shape index (κ3) is 5.63. The Balaban J connectivity index is 2.96. The summed E-state index contributed by atoms with van der Waals surface area (Å²) in [5.74, 6) is 1.92. The van der Waals surface area contributed by atoms with Gasteiger partial charge in [0.05, 0.1) is 30.7 Å². The van der Waals surface area contributed by atoms with E-state index in [1.54, 1.807) is 23.9 Å². The van der Waals surface area contributed by atoms with Crippen LogP contribution < -0.4 is 9.47 Å². The molecule has 0 atom stereocenters. The summed E-state index contributed by atoms with van der Waals surface area (Å²) in [5.41, 5.74) is 0.569. The quantitative estimate of drug-likeness (QED) is 0.300. The Morgan fingerprint density at radius 2 is 2.00 bits per heavy atom. The maximum Gasteiger partial charge on any atom is 0.235 e. The van der Waals surface area contributed by atoms with Crippen molar-refractivity contribution in [2.24, 2.45) is 0 Å². The fourth-order valence-electron chi connectivity index (χ4n) is 1.66. The molecule has 1 rings (SSSR count). The first-order valence-corrected chi connectivity index (χ1v) is 7.37. The minimum atomic E-state index is -0.536. The number of nitro groups is 1. The lowest BCUT2D eigenvalue weighted by Gasteiger charge is -2.12. The van der Waals surface area contributed by atoms with Gasteiger partial charge in [-0.05, 0) is 30.7 Å². The molecule has 0 radical (unpaired) electrons. The van der Waals surface area contributed by atoms with Gasteiger partial charge >= 0.3 is 0 Å². The summed E-state index contributed by atoms with van der Waals surface area (Å²) in [5, 5.41) is 10.4. The highest BCUT2D eigenvalue weighted by Gasteiger charge is 2.11. The van der Waals surface area contributed by atoms with Gasteiger partial charge in [-0.15, -0.1) is 11.8 Å². The number of hydrogen-bond donors (Lipinski definition) is 0. The van der Waals surface area contributed by atoms with E-state index in [-0.39, 0.29) is 6.67 Å². The van der Waals surface area contributed by atoms with Crippen LogP contribution in [0.4, 0.5) is 4.39 Å². The van der Waals surface area contributed by atoms with Crippen LogP contribution in [0.2, 0.25) is 0 Å². The Hall–Kier alpha value is -1.76. The van der Waals surface area contributed by atoms with E-state index >= 15 is 0 Å². The van der Waals surface area contributed by atoms with Crippen LogP contribution in [0.3, 0.4) is 0 Å². The van der Waals surface area contributed by atoms with Crippen molar-refractivity contribution >= 4 is 17.8 Å². The Bertz CT molecular complexity index is 508. The molecule has 1 aromatic rings. The van der Waals surface area contributed by atoms with Crippen molar-refractivity contribution in [2.75, 3.05) is 26.6 Å². The molecule has 0 fully saturated rings. The molecule has 0 aliphatic heterocycles. The highest BCUT2D eigenvalue weighted by atomic mass is 32.2. The molecule has 0 aliphatic carbocycles. The number of alkyl halides is 1. The molecule has 0 unspecified atom stereocenters. The van der Waals surface area contributed by atoms with Crippen molar-refractivity contribution in [3.05, 3.63) is 34.0 Å². The van der Waals surface area contributed by atoms with E-state index in [1.807, 2.05) is 0 Å². The first kappa shape index (κ1) is 17.3. The molecule has 0 heterocycles. The number of nitrogens with zero attached hydrogens (tertiary/aromatic N) is 1. The second-order valence-corrected chi connectivity index (χ2v) is 5.23. The van der Waals surface area contributed by atoms with Crippen LogP contribution in [0, 0.1) is 10.1 Å². The van der Waals surface area contributed by atoms with Gasteiger partial charge in [-0.25, -0.2) is 0 Å². The van der Waals surface area contributed by atoms with Gasteiger partial charge in [0.25, 0.3) is 0 Å². The Kier molecular flexibility index (Phi) is 7.60. The number of methoxy groups -OCH3 is 2. The fraction of sp³-hybridized carbons (Fsp3) is 0.429. The van der Waals surface area contributed by atoms with Gasteiger partial charge in [-0.3, -0.25) is 14.5 Å². The van der Waals surface area contributed by atoms with E-state index in [4.69, 9.17) is 9.47 Å². The lowest BCUT2D eigenvalue weighted by molar-refractivity contribution is -0.400. The predicted octanol–water partition coefficient (Wildman–Crippen LogP) is 3.79. The molecule has 0 saturated carbocycles. The lowest BCUT2D eigenvalue weighted by Crippen LogP contribution is -1.94. The third-order valence-corrected chi connectivity index (χ3v) is 3.80. The van der Waals surface area contributed by atoms with Crippen LogP contribution in [-0.4, -0.2) is 31.6 Å². The van der Waals surface area contributed by atoms with Crippen molar-refractivity contribution in [1.29, 1.82) is 0 Å². The van der Waals surface area contributed by atoms with Crippen LogP contribution in [0.1, 0.15) is 18.4 Å². The molecule has 5 nitrogen and oxygen atoms in total. The SMILES string of the molecule is COc1cc(SCCCCF)c(OC)cc1C=C[N+](=O)[O-]. The summed E-state index contributed by atoms with van der Waals surface area (Å²) in [6.45, 7) is -0.314. The molecule has 0 amide bonds. The average molecular weight is 315 g/mol. The summed E-state index contributed by atoms with van der Waals surface area (Å²) >= 11 is 1.54. The maximum atomic E-state index is 12.1. The monoisotopic (exact) mass is 315 g/mol. The molecule has 0 saturated heterocycles. The summed E-state index contributed by atoms with van der Waals surface area (Å²) in [7, 11) is 3.04. The van der Waals surface area contributed by atoms with Gasteiger partial charge < -0.3 is 9.47 Å². The van der Waals surface area contributed by atoms with Gasteiger partial charge in [0.2, 0.25) is 6.20 Å². The summed E-state index contributed by atoms with van der Waals surface area (Å²) < 4.78 is 22.6. The Morgan fingerprint density at radius 1 is 1.29 bits per heavy atom. The van der Waals surface area contributed by atoms with E-state index < -0.39 is 4.92 Å². The molecular weight excluding hydrogens is 297 g/mol. The number of benzene rings is 1. The first-order chi connectivity index (χ1) is 10.1. The van der Waals surface area contributed by atoms with Crippen molar-refractivity contribution in [3.63, 3.8) is 0 Å². The van der Waals surface area contributed by atoms with Gasteiger partial charge in [-0.1, -0.05) is 0 Å². The molecule has 21 heavy (non-hydrogen) atoms. The van der Waals surface area contributed by atoms with Crippen molar-refractivity contribution in [1.82, 2.24) is 0 Å².